The molecule has 3 aromatic rings. The van der Waals surface area contributed by atoms with Gasteiger partial charge in [0, 0.05) is 16.8 Å². The average Bonchev–Trinajstić information content (AvgIpc) is 3.08. The van der Waals surface area contributed by atoms with Gasteiger partial charge < -0.3 is 10.1 Å². The Hall–Kier alpha value is -2.37. The molecular formula is C19H17ClN2O2S. The molecule has 128 valence electrons. The van der Waals surface area contributed by atoms with Crippen LogP contribution in [-0.4, -0.2) is 18.0 Å². The van der Waals surface area contributed by atoms with Crippen molar-refractivity contribution in [1.82, 2.24) is 10.3 Å². The van der Waals surface area contributed by atoms with Gasteiger partial charge in [0.2, 0.25) is 0 Å². The van der Waals surface area contributed by atoms with Crippen LogP contribution < -0.4 is 10.1 Å². The number of carbonyl (C=O) groups is 1. The molecule has 0 unspecified atom stereocenters. The van der Waals surface area contributed by atoms with E-state index in [0.29, 0.717) is 22.9 Å². The Morgan fingerprint density at radius 1 is 1.24 bits per heavy atom. The normalized spacial score (nSPS) is 10.5. The lowest BCUT2D eigenvalue weighted by molar-refractivity contribution is 0.0947. The predicted molar refractivity (Wildman–Crippen MR) is 101 cm³/mol. The number of hydrogen-bond acceptors (Lipinski definition) is 4. The zero-order valence-electron chi connectivity index (χ0n) is 13.7. The molecule has 0 saturated carbocycles. The highest BCUT2D eigenvalue weighted by molar-refractivity contribution is 7.09. The van der Waals surface area contributed by atoms with E-state index in [1.54, 1.807) is 29.5 Å². The number of nitrogens with one attached hydrogen (secondary N) is 1. The summed E-state index contributed by atoms with van der Waals surface area (Å²) < 4.78 is 5.21. The Kier molecular flexibility index (Phi) is 5.68. The summed E-state index contributed by atoms with van der Waals surface area (Å²) in [5.74, 6) is 0.252. The van der Waals surface area contributed by atoms with Gasteiger partial charge in [0.25, 0.3) is 5.91 Å². The maximum Gasteiger partial charge on any atom is 0.255 e. The minimum absolute atomic E-state index is 0.239. The van der Waals surface area contributed by atoms with E-state index in [1.807, 2.05) is 23.6 Å². The van der Waals surface area contributed by atoms with Gasteiger partial charge in [-0.1, -0.05) is 41.9 Å². The highest BCUT2D eigenvalue weighted by Gasteiger charge is 2.13. The molecule has 1 amide bonds. The third-order valence-corrected chi connectivity index (χ3v) is 4.77. The SMILES string of the molecule is COc1ccc(Cl)cc1C(=O)NCc1csc(Cc2ccccc2)n1. The van der Waals surface area contributed by atoms with Crippen LogP contribution in [0.4, 0.5) is 0 Å². The fraction of sp³-hybridized carbons (Fsp3) is 0.158. The number of methoxy groups -OCH3 is 1. The largest absolute Gasteiger partial charge is 0.496 e. The monoisotopic (exact) mass is 372 g/mol. The van der Waals surface area contributed by atoms with Crippen molar-refractivity contribution in [2.75, 3.05) is 7.11 Å². The smallest absolute Gasteiger partial charge is 0.255 e. The molecule has 0 bridgehead atoms. The second kappa shape index (κ2) is 8.14. The molecule has 0 atom stereocenters. The van der Waals surface area contributed by atoms with Gasteiger partial charge in [-0.05, 0) is 23.8 Å². The van der Waals surface area contributed by atoms with Gasteiger partial charge in [-0.2, -0.15) is 0 Å². The molecule has 25 heavy (non-hydrogen) atoms. The number of ether oxygens (including phenoxy) is 1. The number of nitrogens with zero attached hydrogens (tertiary/aromatic N) is 1. The van der Waals surface area contributed by atoms with Crippen molar-refractivity contribution in [2.24, 2.45) is 0 Å². The lowest BCUT2D eigenvalue weighted by Gasteiger charge is -2.09. The Bertz CT molecular complexity index is 865. The molecule has 0 aliphatic heterocycles. The number of benzene rings is 2. The van der Waals surface area contributed by atoms with Crippen molar-refractivity contribution >= 4 is 28.8 Å². The zero-order valence-corrected chi connectivity index (χ0v) is 15.2. The van der Waals surface area contributed by atoms with E-state index in [4.69, 9.17) is 16.3 Å². The molecule has 0 saturated heterocycles. The summed E-state index contributed by atoms with van der Waals surface area (Å²) in [7, 11) is 1.52. The molecule has 1 heterocycles. The van der Waals surface area contributed by atoms with Gasteiger partial charge in [0.05, 0.1) is 29.9 Å². The highest BCUT2D eigenvalue weighted by atomic mass is 35.5. The number of amides is 1. The Labute approximate surface area is 155 Å². The van der Waals surface area contributed by atoms with Crippen molar-refractivity contribution < 1.29 is 9.53 Å². The minimum Gasteiger partial charge on any atom is -0.496 e. The van der Waals surface area contributed by atoms with E-state index in [0.717, 1.165) is 17.1 Å². The lowest BCUT2D eigenvalue weighted by Crippen LogP contribution is -2.23. The summed E-state index contributed by atoms with van der Waals surface area (Å²) in [6.45, 7) is 0.361. The van der Waals surface area contributed by atoms with Gasteiger partial charge in [0.1, 0.15) is 5.75 Å². The van der Waals surface area contributed by atoms with Crippen molar-refractivity contribution in [1.29, 1.82) is 0 Å². The fourth-order valence-electron chi connectivity index (χ4n) is 2.41. The van der Waals surface area contributed by atoms with Crippen LogP contribution >= 0.6 is 22.9 Å². The summed E-state index contributed by atoms with van der Waals surface area (Å²) in [5.41, 5.74) is 2.47. The number of hydrogen-bond donors (Lipinski definition) is 1. The number of thiazole rings is 1. The van der Waals surface area contributed by atoms with Crippen LogP contribution in [0.2, 0.25) is 5.02 Å². The average molecular weight is 373 g/mol. The van der Waals surface area contributed by atoms with Crippen molar-refractivity contribution in [3.05, 3.63) is 80.8 Å². The molecule has 6 heteroatoms. The van der Waals surface area contributed by atoms with Crippen LogP contribution in [0.3, 0.4) is 0 Å². The molecule has 0 aliphatic rings. The van der Waals surface area contributed by atoms with Crippen LogP contribution in [0, 0.1) is 0 Å². The maximum atomic E-state index is 12.4. The number of carbonyl (C=O) groups excluding carboxylic acids is 1. The van der Waals surface area contributed by atoms with Crippen LogP contribution in [0.5, 0.6) is 5.75 Å². The maximum absolute atomic E-state index is 12.4. The molecule has 0 spiro atoms. The topological polar surface area (TPSA) is 51.2 Å². The number of halogens is 1. The Morgan fingerprint density at radius 2 is 2.04 bits per heavy atom. The molecule has 3 rings (SSSR count). The van der Waals surface area contributed by atoms with Crippen LogP contribution in [-0.2, 0) is 13.0 Å². The van der Waals surface area contributed by atoms with Crippen molar-refractivity contribution in [3.8, 4) is 5.75 Å². The highest BCUT2D eigenvalue weighted by Crippen LogP contribution is 2.22. The third kappa shape index (κ3) is 4.59. The van der Waals surface area contributed by atoms with Gasteiger partial charge in [-0.25, -0.2) is 4.98 Å². The zero-order chi connectivity index (χ0) is 17.6. The molecule has 4 nitrogen and oxygen atoms in total. The van der Waals surface area contributed by atoms with E-state index in [2.05, 4.69) is 22.4 Å². The molecule has 0 radical (unpaired) electrons. The quantitative estimate of drug-likeness (QED) is 0.700. The van der Waals surface area contributed by atoms with Crippen LogP contribution in [0.25, 0.3) is 0 Å². The molecule has 1 aromatic heterocycles. The minimum atomic E-state index is -0.239. The van der Waals surface area contributed by atoms with E-state index in [9.17, 15) is 4.79 Å². The molecule has 0 aliphatic carbocycles. The first-order valence-corrected chi connectivity index (χ1v) is 9.00. The summed E-state index contributed by atoms with van der Waals surface area (Å²) >= 11 is 7.56. The second-order valence-electron chi connectivity index (χ2n) is 5.42. The third-order valence-electron chi connectivity index (χ3n) is 3.63. The Morgan fingerprint density at radius 3 is 2.80 bits per heavy atom. The molecular weight excluding hydrogens is 356 g/mol. The second-order valence-corrected chi connectivity index (χ2v) is 6.80. The van der Waals surface area contributed by atoms with E-state index < -0.39 is 0 Å². The number of aromatic nitrogens is 1. The summed E-state index contributed by atoms with van der Waals surface area (Å²) in [6, 6.07) is 15.1. The standard InChI is InChI=1S/C19H17ClN2O2S/c1-24-17-8-7-14(20)10-16(17)19(23)21-11-15-12-25-18(22-15)9-13-5-3-2-4-6-13/h2-8,10,12H,9,11H2,1H3,(H,21,23). The number of rotatable bonds is 6. The Balaban J connectivity index is 1.62. The first-order valence-electron chi connectivity index (χ1n) is 7.74. The van der Waals surface area contributed by atoms with E-state index in [-0.39, 0.29) is 5.91 Å². The van der Waals surface area contributed by atoms with Gasteiger partial charge >= 0.3 is 0 Å². The summed E-state index contributed by atoms with van der Waals surface area (Å²) in [4.78, 5) is 17.0. The van der Waals surface area contributed by atoms with Gasteiger partial charge in [0.15, 0.2) is 0 Å². The first kappa shape index (κ1) is 17.5. The van der Waals surface area contributed by atoms with Gasteiger partial charge in [-0.3, -0.25) is 4.79 Å². The van der Waals surface area contributed by atoms with Crippen molar-refractivity contribution in [2.45, 2.75) is 13.0 Å². The summed E-state index contributed by atoms with van der Waals surface area (Å²) in [5, 5.41) is 6.34. The lowest BCUT2D eigenvalue weighted by atomic mass is 10.2. The first-order chi connectivity index (χ1) is 12.2. The van der Waals surface area contributed by atoms with E-state index >= 15 is 0 Å². The van der Waals surface area contributed by atoms with Gasteiger partial charge in [-0.15, -0.1) is 11.3 Å². The summed E-state index contributed by atoms with van der Waals surface area (Å²) in [6.07, 6.45) is 0.793. The van der Waals surface area contributed by atoms with Crippen LogP contribution in [0.1, 0.15) is 26.6 Å². The van der Waals surface area contributed by atoms with E-state index in [1.165, 1.54) is 12.7 Å². The molecule has 1 N–H and O–H groups in total. The predicted octanol–water partition coefficient (Wildman–Crippen LogP) is 4.33. The van der Waals surface area contributed by atoms with Crippen LogP contribution in [0.15, 0.2) is 53.9 Å². The fourth-order valence-corrected chi connectivity index (χ4v) is 3.41. The molecule has 2 aromatic carbocycles. The van der Waals surface area contributed by atoms with Crippen molar-refractivity contribution in [3.63, 3.8) is 0 Å². The molecule has 0 fully saturated rings.